The highest BCUT2D eigenvalue weighted by atomic mass is 16.3. The summed E-state index contributed by atoms with van der Waals surface area (Å²) in [5.74, 6) is 1.03. The molecule has 144 valence electrons. The minimum Gasteiger partial charge on any atom is -0.507 e. The van der Waals surface area contributed by atoms with Gasteiger partial charge < -0.3 is 10.4 Å². The average molecular weight is 374 g/mol. The van der Waals surface area contributed by atoms with Crippen LogP contribution < -0.4 is 5.32 Å². The molecule has 3 aromatic rings. The van der Waals surface area contributed by atoms with Gasteiger partial charge in [-0.2, -0.15) is 0 Å². The molecule has 0 amide bonds. The van der Waals surface area contributed by atoms with E-state index in [0.29, 0.717) is 17.3 Å². The summed E-state index contributed by atoms with van der Waals surface area (Å²) in [6.07, 6.45) is 4.23. The Morgan fingerprint density at radius 1 is 1.21 bits per heavy atom. The monoisotopic (exact) mass is 374 g/mol. The van der Waals surface area contributed by atoms with E-state index in [4.69, 9.17) is 0 Å². The van der Waals surface area contributed by atoms with E-state index in [1.54, 1.807) is 6.07 Å². The number of phenols is 1. The van der Waals surface area contributed by atoms with Crippen LogP contribution in [0.5, 0.6) is 5.75 Å². The molecule has 1 saturated heterocycles. The number of rotatable bonds is 5. The van der Waals surface area contributed by atoms with Crippen molar-refractivity contribution in [3.63, 3.8) is 0 Å². The van der Waals surface area contributed by atoms with Gasteiger partial charge in [0.05, 0.1) is 0 Å². The van der Waals surface area contributed by atoms with E-state index in [-0.39, 0.29) is 5.75 Å². The lowest BCUT2D eigenvalue weighted by molar-refractivity contribution is 0.237. The molecular weight excluding hydrogens is 348 g/mol. The molecule has 28 heavy (non-hydrogen) atoms. The molecule has 1 aliphatic heterocycles. The van der Waals surface area contributed by atoms with Crippen molar-refractivity contribution >= 4 is 16.6 Å². The normalized spacial score (nSPS) is 17.5. The van der Waals surface area contributed by atoms with E-state index in [0.717, 1.165) is 54.6 Å². The number of nitrogens with zero attached hydrogens (tertiary/aromatic N) is 3. The number of hydrogen-bond acceptors (Lipinski definition) is 5. The van der Waals surface area contributed by atoms with Crippen molar-refractivity contribution in [1.82, 2.24) is 15.1 Å². The lowest BCUT2D eigenvalue weighted by Crippen LogP contribution is -2.42. The molecular formula is C23H26N4O. The predicted molar refractivity (Wildman–Crippen MR) is 115 cm³/mol. The van der Waals surface area contributed by atoms with Gasteiger partial charge in [-0.05, 0) is 44.0 Å². The van der Waals surface area contributed by atoms with Gasteiger partial charge in [0.1, 0.15) is 11.4 Å². The molecule has 1 atom stereocenters. The molecule has 0 saturated carbocycles. The van der Waals surface area contributed by atoms with Crippen LogP contribution in [0.4, 0.5) is 5.82 Å². The first-order chi connectivity index (χ1) is 13.7. The quantitative estimate of drug-likeness (QED) is 0.649. The maximum Gasteiger partial charge on any atom is 0.156 e. The zero-order valence-corrected chi connectivity index (χ0v) is 16.2. The Labute approximate surface area is 165 Å². The van der Waals surface area contributed by atoms with E-state index < -0.39 is 0 Å². The number of aromatic nitrogens is 2. The Morgan fingerprint density at radius 3 is 2.82 bits per heavy atom. The Bertz CT molecular complexity index is 1000. The third kappa shape index (κ3) is 3.71. The SMILES string of the molecule is C=CCN1CCC[C@@H](Nc2nnc(-c3ccc(C)cc3O)c3ccccc23)C1. The van der Waals surface area contributed by atoms with Crippen molar-refractivity contribution in [2.24, 2.45) is 0 Å². The Balaban J connectivity index is 1.69. The number of hydrogen-bond donors (Lipinski definition) is 2. The fourth-order valence-corrected chi connectivity index (χ4v) is 3.97. The van der Waals surface area contributed by atoms with Gasteiger partial charge in [-0.25, -0.2) is 0 Å². The molecule has 1 fully saturated rings. The van der Waals surface area contributed by atoms with Crippen molar-refractivity contribution in [1.29, 1.82) is 0 Å². The minimum atomic E-state index is 0.229. The maximum absolute atomic E-state index is 10.4. The molecule has 2 heterocycles. The number of benzene rings is 2. The number of aryl methyl sites for hydroxylation is 1. The third-order valence-electron chi connectivity index (χ3n) is 5.33. The number of aromatic hydroxyl groups is 1. The average Bonchev–Trinajstić information content (AvgIpc) is 2.69. The van der Waals surface area contributed by atoms with Gasteiger partial charge in [-0.3, -0.25) is 4.90 Å². The second-order valence-corrected chi connectivity index (χ2v) is 7.50. The lowest BCUT2D eigenvalue weighted by atomic mass is 10.0. The summed E-state index contributed by atoms with van der Waals surface area (Å²) in [6.45, 7) is 8.81. The lowest BCUT2D eigenvalue weighted by Gasteiger charge is -2.32. The van der Waals surface area contributed by atoms with Gasteiger partial charge >= 0.3 is 0 Å². The van der Waals surface area contributed by atoms with Crippen molar-refractivity contribution in [3.8, 4) is 17.0 Å². The Hall–Kier alpha value is -2.92. The Kier molecular flexibility index (Phi) is 5.26. The Morgan fingerprint density at radius 2 is 2.04 bits per heavy atom. The molecule has 2 aromatic carbocycles. The van der Waals surface area contributed by atoms with Crippen LogP contribution in [0.15, 0.2) is 55.1 Å². The summed E-state index contributed by atoms with van der Waals surface area (Å²) in [5.41, 5.74) is 2.42. The van der Waals surface area contributed by atoms with Gasteiger partial charge in [0.2, 0.25) is 0 Å². The second-order valence-electron chi connectivity index (χ2n) is 7.50. The fraction of sp³-hybridized carbons (Fsp3) is 0.304. The third-order valence-corrected chi connectivity index (χ3v) is 5.33. The van der Waals surface area contributed by atoms with Crippen molar-refractivity contribution in [2.45, 2.75) is 25.8 Å². The molecule has 0 radical (unpaired) electrons. The van der Waals surface area contributed by atoms with E-state index in [9.17, 15) is 5.11 Å². The van der Waals surface area contributed by atoms with Crippen LogP contribution in [-0.2, 0) is 0 Å². The molecule has 0 spiro atoms. The van der Waals surface area contributed by atoms with Gasteiger partial charge in [-0.15, -0.1) is 16.8 Å². The smallest absolute Gasteiger partial charge is 0.156 e. The highest BCUT2D eigenvalue weighted by Crippen LogP contribution is 2.35. The molecule has 2 N–H and O–H groups in total. The van der Waals surface area contributed by atoms with Crippen LogP contribution in [0.2, 0.25) is 0 Å². The first-order valence-electron chi connectivity index (χ1n) is 9.81. The summed E-state index contributed by atoms with van der Waals surface area (Å²) in [4.78, 5) is 2.41. The molecule has 0 aliphatic carbocycles. The molecule has 5 heteroatoms. The van der Waals surface area contributed by atoms with Crippen LogP contribution in [0.25, 0.3) is 22.0 Å². The van der Waals surface area contributed by atoms with Gasteiger partial charge in [0.15, 0.2) is 5.82 Å². The summed E-state index contributed by atoms with van der Waals surface area (Å²) in [5, 5.41) is 25.0. The second kappa shape index (κ2) is 7.98. The molecule has 0 unspecified atom stereocenters. The van der Waals surface area contributed by atoms with Gasteiger partial charge in [0, 0.05) is 35.5 Å². The highest BCUT2D eigenvalue weighted by molar-refractivity contribution is 6.00. The van der Waals surface area contributed by atoms with Crippen molar-refractivity contribution < 1.29 is 5.11 Å². The zero-order valence-electron chi connectivity index (χ0n) is 16.2. The van der Waals surface area contributed by atoms with E-state index in [2.05, 4.69) is 33.1 Å². The van der Waals surface area contributed by atoms with Crippen LogP contribution in [0.1, 0.15) is 18.4 Å². The first-order valence-corrected chi connectivity index (χ1v) is 9.81. The van der Waals surface area contributed by atoms with Crippen LogP contribution >= 0.6 is 0 Å². The van der Waals surface area contributed by atoms with Crippen LogP contribution in [-0.4, -0.2) is 45.9 Å². The maximum atomic E-state index is 10.4. The summed E-state index contributed by atoms with van der Waals surface area (Å²) in [6, 6.07) is 14.1. The van der Waals surface area contributed by atoms with E-state index >= 15 is 0 Å². The van der Waals surface area contributed by atoms with Crippen LogP contribution in [0.3, 0.4) is 0 Å². The largest absolute Gasteiger partial charge is 0.507 e. The minimum absolute atomic E-state index is 0.229. The number of likely N-dealkylation sites (tertiary alicyclic amines) is 1. The van der Waals surface area contributed by atoms with Gasteiger partial charge in [0.25, 0.3) is 0 Å². The highest BCUT2D eigenvalue weighted by Gasteiger charge is 2.21. The van der Waals surface area contributed by atoms with Crippen LogP contribution in [0, 0.1) is 6.92 Å². The molecule has 1 aliphatic rings. The van der Waals surface area contributed by atoms with E-state index in [1.165, 1.54) is 0 Å². The summed E-state index contributed by atoms with van der Waals surface area (Å²) < 4.78 is 0. The molecule has 5 nitrogen and oxygen atoms in total. The molecule has 1 aromatic heterocycles. The van der Waals surface area contributed by atoms with E-state index in [1.807, 2.05) is 43.3 Å². The zero-order chi connectivity index (χ0) is 19.5. The fourth-order valence-electron chi connectivity index (χ4n) is 3.97. The standard InChI is InChI=1S/C23H26N4O/c1-3-12-27-13-6-7-17(15-27)24-23-19-9-5-4-8-18(19)22(25-26-23)20-11-10-16(2)14-21(20)28/h3-5,8-11,14,17,28H,1,6-7,12-13,15H2,2H3,(H,24,26)/t17-/m1/s1. The number of piperidine rings is 1. The number of fused-ring (bicyclic) bond motifs is 1. The summed E-state index contributed by atoms with van der Waals surface area (Å²) in [7, 11) is 0. The topological polar surface area (TPSA) is 61.3 Å². The molecule has 0 bridgehead atoms. The van der Waals surface area contributed by atoms with Crippen molar-refractivity contribution in [2.75, 3.05) is 25.0 Å². The summed E-state index contributed by atoms with van der Waals surface area (Å²) >= 11 is 0. The predicted octanol–water partition coefficient (Wildman–Crippen LogP) is 4.37. The number of anilines is 1. The molecule has 4 rings (SSSR count). The van der Waals surface area contributed by atoms with Gasteiger partial charge in [-0.1, -0.05) is 36.4 Å². The van der Waals surface area contributed by atoms with Crippen molar-refractivity contribution in [3.05, 3.63) is 60.7 Å². The number of nitrogens with one attached hydrogen (secondary N) is 1. The number of phenolic OH excluding ortho intramolecular Hbond substituents is 1. The first kappa shape index (κ1) is 18.4.